The number of ether oxygens (including phenoxy) is 1. The van der Waals surface area contributed by atoms with Crippen molar-refractivity contribution in [3.8, 4) is 5.75 Å². The summed E-state index contributed by atoms with van der Waals surface area (Å²) >= 11 is 5.82. The van der Waals surface area contributed by atoms with Gasteiger partial charge in [-0.3, -0.25) is 14.9 Å². The van der Waals surface area contributed by atoms with Crippen molar-refractivity contribution < 1.29 is 14.5 Å². The van der Waals surface area contributed by atoms with E-state index in [2.05, 4.69) is 10.5 Å². The quantitative estimate of drug-likeness (QED) is 0.493. The Labute approximate surface area is 143 Å². The Morgan fingerprint density at radius 1 is 1.29 bits per heavy atom. The number of rotatable bonds is 6. The number of nitrogens with zero attached hydrogens (tertiary/aromatic N) is 2. The lowest BCUT2D eigenvalue weighted by atomic mass is 10.1. The van der Waals surface area contributed by atoms with Crippen molar-refractivity contribution >= 4 is 28.9 Å². The number of carbonyl (C=O) groups is 1. The van der Waals surface area contributed by atoms with Gasteiger partial charge in [0, 0.05) is 17.2 Å². The fourth-order valence-electron chi connectivity index (χ4n) is 1.77. The van der Waals surface area contributed by atoms with Crippen LogP contribution in [0.3, 0.4) is 0 Å². The zero-order chi connectivity index (χ0) is 17.5. The SMILES string of the molecule is C/C(=N\NC(=O)COc1cccc(Cl)c1)c1ccc([N+](=O)[O-])cc1. The highest BCUT2D eigenvalue weighted by Gasteiger charge is 2.06. The van der Waals surface area contributed by atoms with Gasteiger partial charge in [0.2, 0.25) is 0 Å². The van der Waals surface area contributed by atoms with E-state index in [9.17, 15) is 14.9 Å². The van der Waals surface area contributed by atoms with E-state index in [-0.39, 0.29) is 12.3 Å². The number of hydrazone groups is 1. The summed E-state index contributed by atoms with van der Waals surface area (Å²) in [6.45, 7) is 1.47. The van der Waals surface area contributed by atoms with Crippen LogP contribution in [-0.4, -0.2) is 23.1 Å². The van der Waals surface area contributed by atoms with Crippen molar-refractivity contribution in [2.45, 2.75) is 6.92 Å². The minimum Gasteiger partial charge on any atom is -0.484 e. The average Bonchev–Trinajstić information content (AvgIpc) is 2.58. The fraction of sp³-hybridized carbons (Fsp3) is 0.125. The standard InChI is InChI=1S/C16H14ClN3O4/c1-11(12-5-7-14(8-6-12)20(22)23)18-19-16(21)10-24-15-4-2-3-13(17)9-15/h2-9H,10H2,1H3,(H,19,21)/b18-11+. The Bertz CT molecular complexity index is 775. The molecule has 0 aliphatic rings. The van der Waals surface area contributed by atoms with Gasteiger partial charge in [-0.25, -0.2) is 5.43 Å². The van der Waals surface area contributed by atoms with Crippen molar-refractivity contribution in [1.82, 2.24) is 5.43 Å². The number of non-ortho nitro benzene ring substituents is 1. The zero-order valence-corrected chi connectivity index (χ0v) is 13.5. The Morgan fingerprint density at radius 3 is 2.62 bits per heavy atom. The second-order valence-corrected chi connectivity index (χ2v) is 5.22. The van der Waals surface area contributed by atoms with Crippen LogP contribution in [0, 0.1) is 10.1 Å². The molecule has 0 spiro atoms. The summed E-state index contributed by atoms with van der Waals surface area (Å²) in [6, 6.07) is 12.6. The number of hydrogen-bond donors (Lipinski definition) is 1. The Kier molecular flexibility index (Phi) is 5.86. The zero-order valence-electron chi connectivity index (χ0n) is 12.7. The van der Waals surface area contributed by atoms with Crippen LogP contribution < -0.4 is 10.2 Å². The van der Waals surface area contributed by atoms with Gasteiger partial charge in [-0.2, -0.15) is 5.10 Å². The molecule has 8 heteroatoms. The molecule has 2 rings (SSSR count). The van der Waals surface area contributed by atoms with Gasteiger partial charge in [0.15, 0.2) is 6.61 Å². The van der Waals surface area contributed by atoms with E-state index in [1.54, 1.807) is 43.3 Å². The van der Waals surface area contributed by atoms with E-state index in [1.165, 1.54) is 12.1 Å². The van der Waals surface area contributed by atoms with Crippen molar-refractivity contribution in [3.05, 3.63) is 69.2 Å². The minimum absolute atomic E-state index is 0.00879. The summed E-state index contributed by atoms with van der Waals surface area (Å²) in [7, 11) is 0. The summed E-state index contributed by atoms with van der Waals surface area (Å²) in [4.78, 5) is 21.8. The van der Waals surface area contributed by atoms with E-state index in [0.29, 0.717) is 22.0 Å². The second kappa shape index (κ2) is 8.07. The molecule has 7 nitrogen and oxygen atoms in total. The first-order valence-corrected chi connectivity index (χ1v) is 7.30. The Hall–Kier alpha value is -2.93. The first-order valence-electron chi connectivity index (χ1n) is 6.92. The molecule has 0 aromatic heterocycles. The van der Waals surface area contributed by atoms with Crippen molar-refractivity contribution in [1.29, 1.82) is 0 Å². The molecule has 0 fully saturated rings. The molecule has 0 aliphatic heterocycles. The molecule has 0 saturated heterocycles. The fourth-order valence-corrected chi connectivity index (χ4v) is 1.95. The lowest BCUT2D eigenvalue weighted by molar-refractivity contribution is -0.384. The van der Waals surface area contributed by atoms with Gasteiger partial charge in [-0.1, -0.05) is 17.7 Å². The van der Waals surface area contributed by atoms with Crippen LogP contribution >= 0.6 is 11.6 Å². The van der Waals surface area contributed by atoms with Gasteiger partial charge >= 0.3 is 0 Å². The van der Waals surface area contributed by atoms with Crippen molar-refractivity contribution in [2.24, 2.45) is 5.10 Å². The molecule has 124 valence electrons. The van der Waals surface area contributed by atoms with Crippen LogP contribution in [0.5, 0.6) is 5.75 Å². The summed E-state index contributed by atoms with van der Waals surface area (Å²) in [5, 5.41) is 15.1. The molecule has 1 N–H and O–H groups in total. The molecule has 2 aromatic carbocycles. The predicted molar refractivity (Wildman–Crippen MR) is 90.4 cm³/mol. The van der Waals surface area contributed by atoms with Gasteiger partial charge in [-0.15, -0.1) is 0 Å². The number of amides is 1. The van der Waals surface area contributed by atoms with Crippen LogP contribution in [0.1, 0.15) is 12.5 Å². The predicted octanol–water partition coefficient (Wildman–Crippen LogP) is 3.17. The van der Waals surface area contributed by atoms with E-state index >= 15 is 0 Å². The smallest absolute Gasteiger partial charge is 0.277 e. The first kappa shape index (κ1) is 17.4. The molecule has 0 aliphatic carbocycles. The van der Waals surface area contributed by atoms with Crippen LogP contribution in [0.15, 0.2) is 53.6 Å². The molecular formula is C16H14ClN3O4. The van der Waals surface area contributed by atoms with Gasteiger partial charge in [0.05, 0.1) is 10.6 Å². The van der Waals surface area contributed by atoms with E-state index < -0.39 is 10.8 Å². The minimum atomic E-state index is -0.481. The van der Waals surface area contributed by atoms with Crippen molar-refractivity contribution in [2.75, 3.05) is 6.61 Å². The number of benzene rings is 2. The first-order chi connectivity index (χ1) is 11.5. The maximum absolute atomic E-state index is 11.7. The number of nitro groups is 1. The molecule has 0 bridgehead atoms. The lowest BCUT2D eigenvalue weighted by Crippen LogP contribution is -2.25. The largest absolute Gasteiger partial charge is 0.484 e. The second-order valence-electron chi connectivity index (χ2n) is 4.78. The molecular weight excluding hydrogens is 334 g/mol. The molecule has 0 radical (unpaired) electrons. The molecule has 0 atom stereocenters. The maximum Gasteiger partial charge on any atom is 0.277 e. The molecule has 2 aromatic rings. The highest BCUT2D eigenvalue weighted by molar-refractivity contribution is 6.30. The van der Waals surface area contributed by atoms with Gasteiger partial charge in [-0.05, 0) is 42.8 Å². The summed E-state index contributed by atoms with van der Waals surface area (Å²) < 4.78 is 5.29. The third-order valence-corrected chi connectivity index (χ3v) is 3.25. The lowest BCUT2D eigenvalue weighted by Gasteiger charge is -2.06. The Balaban J connectivity index is 1.89. The Morgan fingerprint density at radius 2 is 2.00 bits per heavy atom. The monoisotopic (exact) mass is 347 g/mol. The number of nitro benzene ring substituents is 1. The van der Waals surface area contributed by atoms with Gasteiger partial charge in [0.25, 0.3) is 11.6 Å². The number of halogens is 1. The third-order valence-electron chi connectivity index (χ3n) is 3.01. The topological polar surface area (TPSA) is 93.8 Å². The van der Waals surface area contributed by atoms with Crippen molar-refractivity contribution in [3.63, 3.8) is 0 Å². The molecule has 1 amide bonds. The van der Waals surface area contributed by atoms with Gasteiger partial charge in [0.1, 0.15) is 5.75 Å². The summed E-state index contributed by atoms with van der Waals surface area (Å²) in [6.07, 6.45) is 0. The molecule has 24 heavy (non-hydrogen) atoms. The number of carbonyl (C=O) groups excluding carboxylic acids is 1. The van der Waals surface area contributed by atoms with E-state index in [1.807, 2.05) is 0 Å². The van der Waals surface area contributed by atoms with Crippen LogP contribution in [-0.2, 0) is 4.79 Å². The highest BCUT2D eigenvalue weighted by Crippen LogP contribution is 2.16. The normalized spacial score (nSPS) is 11.0. The van der Waals surface area contributed by atoms with Crippen LogP contribution in [0.25, 0.3) is 0 Å². The average molecular weight is 348 g/mol. The molecule has 0 saturated carbocycles. The maximum atomic E-state index is 11.7. The van der Waals surface area contributed by atoms with Crippen LogP contribution in [0.4, 0.5) is 5.69 Å². The number of hydrogen-bond acceptors (Lipinski definition) is 5. The summed E-state index contributed by atoms with van der Waals surface area (Å²) in [5.74, 6) is 0.0463. The van der Waals surface area contributed by atoms with Crippen LogP contribution in [0.2, 0.25) is 5.02 Å². The number of nitrogens with one attached hydrogen (secondary N) is 1. The van der Waals surface area contributed by atoms with E-state index in [0.717, 1.165) is 0 Å². The van der Waals surface area contributed by atoms with E-state index in [4.69, 9.17) is 16.3 Å². The van der Waals surface area contributed by atoms with Gasteiger partial charge < -0.3 is 4.74 Å². The third kappa shape index (κ3) is 5.06. The summed E-state index contributed by atoms with van der Waals surface area (Å²) in [5.41, 5.74) is 3.53. The highest BCUT2D eigenvalue weighted by atomic mass is 35.5. The molecule has 0 unspecified atom stereocenters. The molecule has 0 heterocycles.